The van der Waals surface area contributed by atoms with Gasteiger partial charge in [0, 0.05) is 40.1 Å². The van der Waals surface area contributed by atoms with Gasteiger partial charge in [-0.2, -0.15) is 0 Å². The summed E-state index contributed by atoms with van der Waals surface area (Å²) in [5.74, 6) is 4.48. The van der Waals surface area contributed by atoms with Gasteiger partial charge in [-0.3, -0.25) is 9.00 Å². The molecule has 3 unspecified atom stereocenters. The van der Waals surface area contributed by atoms with E-state index in [2.05, 4.69) is 54.4 Å². The SMILES string of the molecule is C=S(=O)(C1=CC=C(CNC(=O)C2CCc3c[n+](C)ccc3N2)CC1C)C1CCN(C(C)C)CC1. The van der Waals surface area contributed by atoms with Crippen LogP contribution >= 0.6 is 0 Å². The molecule has 0 saturated carbocycles. The number of aryl methyl sites for hydroxylation is 2. The molecule has 1 fully saturated rings. The molecule has 186 valence electrons. The minimum absolute atomic E-state index is 0.0417. The predicted molar refractivity (Wildman–Crippen MR) is 141 cm³/mol. The Morgan fingerprint density at radius 3 is 2.71 bits per heavy atom. The summed E-state index contributed by atoms with van der Waals surface area (Å²) < 4.78 is 15.8. The second-order valence-corrected chi connectivity index (χ2v) is 13.1. The van der Waals surface area contributed by atoms with Crippen molar-refractivity contribution in [2.75, 3.05) is 25.0 Å². The van der Waals surface area contributed by atoms with Gasteiger partial charge in [0.1, 0.15) is 13.1 Å². The van der Waals surface area contributed by atoms with Gasteiger partial charge in [-0.1, -0.05) is 24.6 Å². The maximum atomic E-state index is 13.8. The van der Waals surface area contributed by atoms with Crippen molar-refractivity contribution in [2.45, 2.75) is 70.2 Å². The minimum atomic E-state index is -2.30. The van der Waals surface area contributed by atoms with Gasteiger partial charge < -0.3 is 15.5 Å². The molecule has 1 amide bonds. The molecule has 2 N–H and O–H groups in total. The Kier molecular flexibility index (Phi) is 7.53. The standard InChI is InChI=1S/C27H40N4O2S/c1-19(2)31-14-10-23(11-15-31)34(5,33)26-9-6-21(16-20(26)3)17-28-27(32)25-8-7-22-18-30(4)13-12-24(22)29-25/h6,9,12-13,18-20,23,25H,5,7-8,10-11,14-17H2,1-4H3,(H,28,32)/p+1. The number of amides is 1. The van der Waals surface area contributed by atoms with Crippen molar-refractivity contribution < 1.29 is 13.6 Å². The number of likely N-dealkylation sites (tertiary alicyclic amines) is 1. The lowest BCUT2D eigenvalue weighted by molar-refractivity contribution is -0.671. The summed E-state index contributed by atoms with van der Waals surface area (Å²) in [4.78, 5) is 16.3. The fourth-order valence-corrected chi connectivity index (χ4v) is 7.98. The lowest BCUT2D eigenvalue weighted by Gasteiger charge is -2.37. The molecule has 34 heavy (non-hydrogen) atoms. The third-order valence-corrected chi connectivity index (χ3v) is 10.6. The second-order valence-electron chi connectivity index (χ2n) is 10.6. The van der Waals surface area contributed by atoms with E-state index in [1.807, 2.05) is 30.0 Å². The van der Waals surface area contributed by atoms with E-state index in [0.29, 0.717) is 12.6 Å². The van der Waals surface area contributed by atoms with Crippen LogP contribution in [0.25, 0.3) is 0 Å². The first-order valence-electron chi connectivity index (χ1n) is 12.7. The molecule has 3 aliphatic rings. The van der Waals surface area contributed by atoms with Crippen molar-refractivity contribution in [3.63, 3.8) is 0 Å². The Hall–Kier alpha value is -2.12. The normalized spacial score (nSPS) is 25.6. The van der Waals surface area contributed by atoms with E-state index >= 15 is 0 Å². The highest BCUT2D eigenvalue weighted by molar-refractivity contribution is 8.04. The first-order valence-corrected chi connectivity index (χ1v) is 14.5. The van der Waals surface area contributed by atoms with E-state index in [9.17, 15) is 9.00 Å². The molecule has 3 atom stereocenters. The van der Waals surface area contributed by atoms with E-state index < -0.39 is 9.52 Å². The number of fused-ring (bicyclic) bond motifs is 1. The number of rotatable bonds is 6. The zero-order valence-electron chi connectivity index (χ0n) is 21.2. The Labute approximate surface area is 205 Å². The van der Waals surface area contributed by atoms with Gasteiger partial charge in [-0.05, 0) is 80.4 Å². The number of hydrogen-bond acceptors (Lipinski definition) is 4. The summed E-state index contributed by atoms with van der Waals surface area (Å²) >= 11 is 0. The summed E-state index contributed by atoms with van der Waals surface area (Å²) in [6, 6.07) is 2.37. The molecule has 0 aromatic carbocycles. The van der Waals surface area contributed by atoms with Gasteiger partial charge in [0.05, 0.1) is 0 Å². The second kappa shape index (κ2) is 10.2. The third kappa shape index (κ3) is 5.41. The van der Waals surface area contributed by atoms with Crippen LogP contribution < -0.4 is 15.2 Å². The number of carbonyl (C=O) groups excluding carboxylic acids is 1. The van der Waals surface area contributed by atoms with Crippen LogP contribution in [0.4, 0.5) is 5.69 Å². The van der Waals surface area contributed by atoms with Crippen LogP contribution in [0, 0.1) is 5.92 Å². The highest BCUT2D eigenvalue weighted by Crippen LogP contribution is 2.34. The number of pyridine rings is 1. The monoisotopic (exact) mass is 485 g/mol. The number of piperidine rings is 1. The molecular formula is C27H41N4O2S+. The van der Waals surface area contributed by atoms with Crippen molar-refractivity contribution >= 4 is 27.0 Å². The van der Waals surface area contributed by atoms with Crippen LogP contribution in [0.5, 0.6) is 0 Å². The summed E-state index contributed by atoms with van der Waals surface area (Å²) in [5, 5.41) is 6.67. The quantitative estimate of drug-likeness (QED) is 0.480. The van der Waals surface area contributed by atoms with Crippen molar-refractivity contribution in [3.8, 4) is 0 Å². The first-order chi connectivity index (χ1) is 16.1. The molecule has 1 saturated heterocycles. The van der Waals surface area contributed by atoms with Crippen molar-refractivity contribution in [3.05, 3.63) is 46.7 Å². The Bertz CT molecular complexity index is 1080. The molecule has 6 nitrogen and oxygen atoms in total. The minimum Gasteiger partial charge on any atom is -0.373 e. The molecule has 4 rings (SSSR count). The van der Waals surface area contributed by atoms with Gasteiger partial charge in [0.25, 0.3) is 0 Å². The fraction of sp³-hybridized carbons (Fsp3) is 0.593. The van der Waals surface area contributed by atoms with Gasteiger partial charge in [-0.25, -0.2) is 4.57 Å². The largest absolute Gasteiger partial charge is 0.373 e. The molecule has 2 aliphatic heterocycles. The molecule has 0 bridgehead atoms. The highest BCUT2D eigenvalue weighted by atomic mass is 32.2. The maximum absolute atomic E-state index is 13.8. The van der Waals surface area contributed by atoms with E-state index in [4.69, 9.17) is 0 Å². The van der Waals surface area contributed by atoms with Crippen LogP contribution in [0.15, 0.2) is 41.1 Å². The molecule has 3 heterocycles. The molecule has 0 radical (unpaired) electrons. The van der Waals surface area contributed by atoms with Gasteiger partial charge in [0.2, 0.25) is 5.91 Å². The van der Waals surface area contributed by atoms with Crippen molar-refractivity contribution in [2.24, 2.45) is 13.0 Å². The highest BCUT2D eigenvalue weighted by Gasteiger charge is 2.32. The Morgan fingerprint density at radius 2 is 2.03 bits per heavy atom. The van der Waals surface area contributed by atoms with Crippen LogP contribution in [0.1, 0.15) is 52.0 Å². The van der Waals surface area contributed by atoms with E-state index in [-0.39, 0.29) is 23.1 Å². The summed E-state index contributed by atoms with van der Waals surface area (Å²) in [6.07, 6.45) is 12.6. The average molecular weight is 486 g/mol. The number of aromatic nitrogens is 1. The number of allylic oxidation sites excluding steroid dienone is 3. The Morgan fingerprint density at radius 1 is 1.29 bits per heavy atom. The van der Waals surface area contributed by atoms with Crippen molar-refractivity contribution in [1.29, 1.82) is 0 Å². The van der Waals surface area contributed by atoms with Crippen LogP contribution in [-0.2, 0) is 27.8 Å². The number of hydrogen-bond donors (Lipinski definition) is 2. The van der Waals surface area contributed by atoms with E-state index in [1.54, 1.807) is 0 Å². The zero-order chi connectivity index (χ0) is 24.5. The molecule has 1 aromatic heterocycles. The number of nitrogens with zero attached hydrogens (tertiary/aromatic N) is 2. The van der Waals surface area contributed by atoms with Crippen LogP contribution in [-0.4, -0.2) is 57.9 Å². The topological polar surface area (TPSA) is 65.3 Å². The smallest absolute Gasteiger partial charge is 0.242 e. The molecule has 1 aromatic rings. The number of nitrogens with one attached hydrogen (secondary N) is 2. The predicted octanol–water partition coefficient (Wildman–Crippen LogP) is 2.79. The van der Waals surface area contributed by atoms with E-state index in [1.165, 1.54) is 11.1 Å². The average Bonchev–Trinajstić information content (AvgIpc) is 2.82. The molecule has 1 aliphatic carbocycles. The summed E-state index contributed by atoms with van der Waals surface area (Å²) in [6.45, 7) is 9.13. The molecule has 7 heteroatoms. The summed E-state index contributed by atoms with van der Waals surface area (Å²) in [7, 11) is -0.282. The lowest BCUT2D eigenvalue weighted by atomic mass is 9.95. The van der Waals surface area contributed by atoms with Gasteiger partial charge >= 0.3 is 0 Å². The molecular weight excluding hydrogens is 444 g/mol. The third-order valence-electron chi connectivity index (χ3n) is 7.70. The van der Waals surface area contributed by atoms with Gasteiger partial charge in [0.15, 0.2) is 12.4 Å². The lowest BCUT2D eigenvalue weighted by Crippen LogP contribution is -2.43. The van der Waals surface area contributed by atoms with Crippen molar-refractivity contribution in [1.82, 2.24) is 10.2 Å². The number of anilines is 1. The summed E-state index contributed by atoms with van der Waals surface area (Å²) in [5.41, 5.74) is 3.48. The number of carbonyl (C=O) groups is 1. The first kappa shape index (κ1) is 25.0. The zero-order valence-corrected chi connectivity index (χ0v) is 22.0. The Balaban J connectivity index is 1.34. The van der Waals surface area contributed by atoms with Crippen LogP contribution in [0.2, 0.25) is 0 Å². The van der Waals surface area contributed by atoms with Crippen LogP contribution in [0.3, 0.4) is 0 Å². The molecule has 0 spiro atoms. The maximum Gasteiger partial charge on any atom is 0.242 e. The van der Waals surface area contributed by atoms with E-state index in [0.717, 1.165) is 55.8 Å². The fourth-order valence-electron chi connectivity index (χ4n) is 5.56. The van der Waals surface area contributed by atoms with Gasteiger partial charge in [-0.15, -0.1) is 0 Å².